The molecule has 7 heteroatoms. The summed E-state index contributed by atoms with van der Waals surface area (Å²) in [4.78, 5) is 0.957. The fourth-order valence-electron chi connectivity index (χ4n) is 1.50. The molecular weight excluding hydrogens is 304 g/mol. The van der Waals surface area contributed by atoms with E-state index in [-0.39, 0.29) is 4.21 Å². The molecule has 102 valence electrons. The zero-order valence-corrected chi connectivity index (χ0v) is 12.4. The number of nitrogens with one attached hydrogen (secondary N) is 1. The van der Waals surface area contributed by atoms with Gasteiger partial charge in [-0.2, -0.15) is 0 Å². The van der Waals surface area contributed by atoms with E-state index in [1.54, 1.807) is 36.4 Å². The van der Waals surface area contributed by atoms with Crippen LogP contribution in [0.15, 0.2) is 40.6 Å². The number of halogens is 1. The van der Waals surface area contributed by atoms with E-state index >= 15 is 0 Å². The van der Waals surface area contributed by atoms with Gasteiger partial charge in [0.15, 0.2) is 0 Å². The zero-order valence-electron chi connectivity index (χ0n) is 9.97. The Hall–Kier alpha value is -1.08. The van der Waals surface area contributed by atoms with E-state index in [2.05, 4.69) is 4.72 Å². The number of hydrogen-bond donors (Lipinski definition) is 2. The Morgan fingerprint density at radius 1 is 1.16 bits per heavy atom. The van der Waals surface area contributed by atoms with Crippen LogP contribution in [-0.2, 0) is 16.4 Å². The van der Waals surface area contributed by atoms with Crippen LogP contribution in [0, 0.1) is 0 Å². The summed E-state index contributed by atoms with van der Waals surface area (Å²) in [6, 6.07) is 9.88. The lowest BCUT2D eigenvalue weighted by atomic mass is 10.3. The van der Waals surface area contributed by atoms with Gasteiger partial charge in [-0.05, 0) is 49.4 Å². The number of benzene rings is 1. The first kappa shape index (κ1) is 14.3. The van der Waals surface area contributed by atoms with E-state index in [4.69, 9.17) is 17.3 Å². The van der Waals surface area contributed by atoms with Gasteiger partial charge in [0.1, 0.15) is 4.21 Å². The Morgan fingerprint density at radius 3 is 2.47 bits per heavy atom. The lowest BCUT2D eigenvalue weighted by molar-refractivity contribution is 0.603. The summed E-state index contributed by atoms with van der Waals surface area (Å²) in [6.07, 6.45) is 0.682. The predicted molar refractivity (Wildman–Crippen MR) is 79.3 cm³/mol. The van der Waals surface area contributed by atoms with Crippen LogP contribution in [0.25, 0.3) is 0 Å². The third-order valence-corrected chi connectivity index (χ3v) is 5.66. The number of sulfonamides is 1. The van der Waals surface area contributed by atoms with E-state index in [0.29, 0.717) is 23.7 Å². The number of anilines is 1. The van der Waals surface area contributed by atoms with Gasteiger partial charge < -0.3 is 5.73 Å². The smallest absolute Gasteiger partial charge is 0.271 e. The fourth-order valence-corrected chi connectivity index (χ4v) is 4.06. The van der Waals surface area contributed by atoms with Gasteiger partial charge in [-0.25, -0.2) is 8.42 Å². The fraction of sp³-hybridized carbons (Fsp3) is 0.167. The highest BCUT2D eigenvalue weighted by atomic mass is 35.5. The predicted octanol–water partition coefficient (Wildman–Crippen LogP) is 2.70. The molecule has 3 N–H and O–H groups in total. The van der Waals surface area contributed by atoms with E-state index in [1.165, 1.54) is 11.3 Å². The first-order chi connectivity index (χ1) is 9.01. The Labute approximate surface area is 121 Å². The Kier molecular flexibility index (Phi) is 4.46. The van der Waals surface area contributed by atoms with E-state index in [1.807, 2.05) is 0 Å². The molecule has 1 aromatic heterocycles. The number of thiophene rings is 1. The summed E-state index contributed by atoms with van der Waals surface area (Å²) in [5.41, 5.74) is 5.93. The summed E-state index contributed by atoms with van der Waals surface area (Å²) in [5.74, 6) is 0. The van der Waals surface area contributed by atoms with Crippen molar-refractivity contribution in [2.45, 2.75) is 10.6 Å². The summed E-state index contributed by atoms with van der Waals surface area (Å²) in [5, 5.41) is 0.560. The monoisotopic (exact) mass is 316 g/mol. The van der Waals surface area contributed by atoms with Crippen molar-refractivity contribution in [1.29, 1.82) is 0 Å². The molecule has 0 aliphatic heterocycles. The van der Waals surface area contributed by atoms with E-state index in [0.717, 1.165) is 4.88 Å². The van der Waals surface area contributed by atoms with Gasteiger partial charge in [0.25, 0.3) is 10.0 Å². The van der Waals surface area contributed by atoms with Crippen LogP contribution in [-0.4, -0.2) is 15.0 Å². The molecule has 1 aromatic carbocycles. The van der Waals surface area contributed by atoms with Crippen LogP contribution in [0.5, 0.6) is 0 Å². The van der Waals surface area contributed by atoms with Gasteiger partial charge in [0.05, 0.1) is 0 Å². The molecule has 2 rings (SSSR count). The first-order valence-electron chi connectivity index (χ1n) is 5.58. The van der Waals surface area contributed by atoms with Gasteiger partial charge in [0, 0.05) is 15.6 Å². The summed E-state index contributed by atoms with van der Waals surface area (Å²) < 4.78 is 27.1. The van der Waals surface area contributed by atoms with Crippen molar-refractivity contribution in [2.75, 3.05) is 11.3 Å². The largest absolute Gasteiger partial charge is 0.330 e. The molecule has 4 nitrogen and oxygen atoms in total. The van der Waals surface area contributed by atoms with Crippen LogP contribution < -0.4 is 10.5 Å². The molecule has 2 aromatic rings. The highest BCUT2D eigenvalue weighted by Crippen LogP contribution is 2.24. The highest BCUT2D eigenvalue weighted by Gasteiger charge is 2.16. The number of nitrogens with two attached hydrogens (primary N) is 1. The van der Waals surface area contributed by atoms with Crippen molar-refractivity contribution in [1.82, 2.24) is 0 Å². The van der Waals surface area contributed by atoms with Crippen molar-refractivity contribution < 1.29 is 8.42 Å². The summed E-state index contributed by atoms with van der Waals surface area (Å²) in [6.45, 7) is 0.505. The maximum absolute atomic E-state index is 12.1. The van der Waals surface area contributed by atoms with E-state index < -0.39 is 10.0 Å². The lowest BCUT2D eigenvalue weighted by Gasteiger charge is -2.05. The average Bonchev–Trinajstić information content (AvgIpc) is 2.82. The maximum Gasteiger partial charge on any atom is 0.271 e. The first-order valence-corrected chi connectivity index (χ1v) is 8.26. The Bertz CT molecular complexity index is 651. The average molecular weight is 317 g/mol. The molecule has 0 spiro atoms. The maximum atomic E-state index is 12.1. The van der Waals surface area contributed by atoms with Crippen LogP contribution in [0.1, 0.15) is 4.88 Å². The topological polar surface area (TPSA) is 72.2 Å². The second-order valence-corrected chi connectivity index (χ2v) is 7.39. The minimum absolute atomic E-state index is 0.283. The Morgan fingerprint density at radius 2 is 1.84 bits per heavy atom. The van der Waals surface area contributed by atoms with Crippen LogP contribution >= 0.6 is 22.9 Å². The van der Waals surface area contributed by atoms with Crippen LogP contribution in [0.3, 0.4) is 0 Å². The van der Waals surface area contributed by atoms with Gasteiger partial charge in [-0.15, -0.1) is 11.3 Å². The van der Waals surface area contributed by atoms with Crippen LogP contribution in [0.4, 0.5) is 5.69 Å². The molecule has 0 saturated carbocycles. The van der Waals surface area contributed by atoms with Gasteiger partial charge in [-0.3, -0.25) is 4.72 Å². The van der Waals surface area contributed by atoms with Crippen molar-refractivity contribution in [3.63, 3.8) is 0 Å². The molecule has 0 saturated heterocycles. The number of rotatable bonds is 5. The lowest BCUT2D eigenvalue weighted by Crippen LogP contribution is -2.11. The third-order valence-electron chi connectivity index (χ3n) is 2.39. The zero-order chi connectivity index (χ0) is 13.9. The molecule has 0 radical (unpaired) electrons. The van der Waals surface area contributed by atoms with Gasteiger partial charge >= 0.3 is 0 Å². The molecule has 0 atom stereocenters. The standard InChI is InChI=1S/C12H13ClN2O2S2/c13-9-1-3-10(4-2-9)15-19(16,17)12-6-5-11(18-12)7-8-14/h1-6,15H,7-8,14H2. The molecule has 0 aliphatic carbocycles. The van der Waals surface area contributed by atoms with Crippen molar-refractivity contribution in [3.8, 4) is 0 Å². The van der Waals surface area contributed by atoms with Gasteiger partial charge in [0.2, 0.25) is 0 Å². The van der Waals surface area contributed by atoms with Crippen molar-refractivity contribution >= 4 is 38.6 Å². The second-order valence-electron chi connectivity index (χ2n) is 3.87. The molecule has 0 aliphatic rings. The van der Waals surface area contributed by atoms with Crippen molar-refractivity contribution in [3.05, 3.63) is 46.3 Å². The molecule has 19 heavy (non-hydrogen) atoms. The summed E-state index contributed by atoms with van der Waals surface area (Å²) >= 11 is 6.98. The third kappa shape index (κ3) is 3.70. The quantitative estimate of drug-likeness (QED) is 0.891. The SMILES string of the molecule is NCCc1ccc(S(=O)(=O)Nc2ccc(Cl)cc2)s1. The van der Waals surface area contributed by atoms with Crippen LogP contribution in [0.2, 0.25) is 5.02 Å². The molecule has 0 unspecified atom stereocenters. The number of hydrogen-bond acceptors (Lipinski definition) is 4. The second kappa shape index (κ2) is 5.92. The van der Waals surface area contributed by atoms with Crippen molar-refractivity contribution in [2.24, 2.45) is 5.73 Å². The minimum atomic E-state index is -3.54. The molecular formula is C12H13ClN2O2S2. The molecule has 0 bridgehead atoms. The molecule has 0 amide bonds. The molecule has 0 fully saturated rings. The summed E-state index contributed by atoms with van der Waals surface area (Å²) in [7, 11) is -3.54. The highest BCUT2D eigenvalue weighted by molar-refractivity contribution is 7.94. The normalized spacial score (nSPS) is 11.5. The minimum Gasteiger partial charge on any atom is -0.330 e. The van der Waals surface area contributed by atoms with E-state index in [9.17, 15) is 8.42 Å². The molecule has 1 heterocycles. The van der Waals surface area contributed by atoms with Gasteiger partial charge in [-0.1, -0.05) is 11.6 Å². The Balaban J connectivity index is 2.19.